The molecule has 0 aliphatic carbocycles. The van der Waals surface area contributed by atoms with Crippen molar-refractivity contribution in [2.24, 2.45) is 0 Å². The van der Waals surface area contributed by atoms with Gasteiger partial charge in [-0.1, -0.05) is 6.42 Å². The highest BCUT2D eigenvalue weighted by atomic mass is 16.5. The highest BCUT2D eigenvalue weighted by Gasteiger charge is 2.20. The Morgan fingerprint density at radius 2 is 2.37 bits per heavy atom. The van der Waals surface area contributed by atoms with Gasteiger partial charge in [0.1, 0.15) is 12.4 Å². The van der Waals surface area contributed by atoms with Gasteiger partial charge in [0.15, 0.2) is 0 Å². The number of ether oxygens (including phenoxy) is 1. The van der Waals surface area contributed by atoms with Gasteiger partial charge in [-0.2, -0.15) is 4.98 Å². The van der Waals surface area contributed by atoms with Crippen LogP contribution in [0.3, 0.4) is 0 Å². The van der Waals surface area contributed by atoms with Crippen molar-refractivity contribution in [2.45, 2.75) is 25.3 Å². The van der Waals surface area contributed by atoms with E-state index in [1.54, 1.807) is 12.4 Å². The first-order valence-electron chi connectivity index (χ1n) is 6.66. The third-order valence-electron chi connectivity index (χ3n) is 3.70. The van der Waals surface area contributed by atoms with Gasteiger partial charge in [0.25, 0.3) is 5.88 Å². The van der Waals surface area contributed by atoms with Gasteiger partial charge in [0.2, 0.25) is 5.65 Å². The van der Waals surface area contributed by atoms with Crippen LogP contribution in [0.2, 0.25) is 0 Å². The average Bonchev–Trinajstić information content (AvgIpc) is 2.85. The van der Waals surface area contributed by atoms with Gasteiger partial charge in [0.05, 0.1) is 6.20 Å². The maximum absolute atomic E-state index is 5.85. The number of anilines is 1. The molecule has 0 bridgehead atoms. The molecule has 6 nitrogen and oxygen atoms in total. The van der Waals surface area contributed by atoms with Crippen molar-refractivity contribution in [1.29, 1.82) is 0 Å². The Balaban J connectivity index is 1.75. The zero-order valence-electron chi connectivity index (χ0n) is 11.1. The lowest BCUT2D eigenvalue weighted by Crippen LogP contribution is -2.40. The Kier molecular flexibility index (Phi) is 3.25. The van der Waals surface area contributed by atoms with Gasteiger partial charge in [-0.3, -0.25) is 4.40 Å². The first kappa shape index (κ1) is 12.2. The monoisotopic (exact) mass is 261 g/mol. The fourth-order valence-corrected chi connectivity index (χ4v) is 2.55. The molecule has 0 saturated carbocycles. The minimum atomic E-state index is 0.442. The summed E-state index contributed by atoms with van der Waals surface area (Å²) in [5.41, 5.74) is 6.49. The number of likely N-dealkylation sites (tertiary alicyclic amines) is 1. The summed E-state index contributed by atoms with van der Waals surface area (Å²) in [6.45, 7) is 1.77. The van der Waals surface area contributed by atoms with Gasteiger partial charge in [-0.05, 0) is 26.4 Å². The third kappa shape index (κ3) is 2.49. The van der Waals surface area contributed by atoms with Crippen molar-refractivity contribution < 1.29 is 4.74 Å². The van der Waals surface area contributed by atoms with E-state index in [9.17, 15) is 0 Å². The maximum Gasteiger partial charge on any atom is 0.260 e. The van der Waals surface area contributed by atoms with Gasteiger partial charge >= 0.3 is 0 Å². The van der Waals surface area contributed by atoms with Crippen LogP contribution in [0.5, 0.6) is 5.88 Å². The fourth-order valence-electron chi connectivity index (χ4n) is 2.55. The summed E-state index contributed by atoms with van der Waals surface area (Å²) >= 11 is 0. The van der Waals surface area contributed by atoms with Gasteiger partial charge in [-0.25, -0.2) is 4.98 Å². The molecular formula is C13H19N5O. The summed E-state index contributed by atoms with van der Waals surface area (Å²) in [7, 11) is 2.14. The molecule has 3 rings (SSSR count). The molecule has 1 fully saturated rings. The van der Waals surface area contributed by atoms with E-state index >= 15 is 0 Å². The number of nitrogens with two attached hydrogens (primary N) is 1. The minimum Gasteiger partial charge on any atom is -0.473 e. The average molecular weight is 261 g/mol. The van der Waals surface area contributed by atoms with Crippen LogP contribution in [-0.4, -0.2) is 45.5 Å². The van der Waals surface area contributed by atoms with Crippen LogP contribution >= 0.6 is 0 Å². The SMILES string of the molecule is CN1CCCCC1COc1nc(N)cn2ccnc12. The molecule has 102 valence electrons. The molecule has 1 aliphatic rings. The van der Waals surface area contributed by atoms with Crippen LogP contribution in [0.1, 0.15) is 19.3 Å². The molecule has 3 heterocycles. The predicted molar refractivity (Wildman–Crippen MR) is 73.2 cm³/mol. The number of nitrogens with zero attached hydrogens (tertiary/aromatic N) is 4. The predicted octanol–water partition coefficient (Wildman–Crippen LogP) is 1.17. The number of aromatic nitrogens is 3. The van der Waals surface area contributed by atoms with Crippen molar-refractivity contribution in [2.75, 3.05) is 25.9 Å². The van der Waals surface area contributed by atoms with Gasteiger partial charge < -0.3 is 15.4 Å². The van der Waals surface area contributed by atoms with Gasteiger partial charge in [-0.15, -0.1) is 0 Å². The Morgan fingerprint density at radius 3 is 3.21 bits per heavy atom. The molecule has 0 spiro atoms. The number of rotatable bonds is 3. The molecule has 1 aliphatic heterocycles. The fraction of sp³-hybridized carbons (Fsp3) is 0.538. The Bertz CT molecular complexity index is 567. The van der Waals surface area contributed by atoms with Crippen LogP contribution in [-0.2, 0) is 0 Å². The lowest BCUT2D eigenvalue weighted by molar-refractivity contribution is 0.123. The number of fused-ring (bicyclic) bond motifs is 1. The normalized spacial score (nSPS) is 20.8. The quantitative estimate of drug-likeness (QED) is 0.898. The summed E-state index contributed by atoms with van der Waals surface area (Å²) < 4.78 is 7.69. The first-order valence-corrected chi connectivity index (χ1v) is 6.66. The molecule has 2 aromatic heterocycles. The molecule has 0 amide bonds. The van der Waals surface area contributed by atoms with Crippen LogP contribution in [0, 0.1) is 0 Å². The summed E-state index contributed by atoms with van der Waals surface area (Å²) in [6.07, 6.45) is 9.00. The van der Waals surface area contributed by atoms with Crippen molar-refractivity contribution in [3.8, 4) is 5.88 Å². The Labute approximate surface area is 112 Å². The largest absolute Gasteiger partial charge is 0.473 e. The van der Waals surface area contributed by atoms with Crippen molar-refractivity contribution in [3.05, 3.63) is 18.6 Å². The van der Waals surface area contributed by atoms with Crippen molar-refractivity contribution >= 4 is 11.5 Å². The van der Waals surface area contributed by atoms with Crippen molar-refractivity contribution in [1.82, 2.24) is 19.3 Å². The second-order valence-corrected chi connectivity index (χ2v) is 5.07. The molecule has 0 radical (unpaired) electrons. The summed E-state index contributed by atoms with van der Waals surface area (Å²) in [4.78, 5) is 10.8. The summed E-state index contributed by atoms with van der Waals surface area (Å²) in [5, 5.41) is 0. The highest BCUT2D eigenvalue weighted by Crippen LogP contribution is 2.20. The molecule has 6 heteroatoms. The highest BCUT2D eigenvalue weighted by molar-refractivity contribution is 5.52. The molecule has 0 aromatic carbocycles. The van der Waals surface area contributed by atoms with E-state index in [0.717, 1.165) is 6.54 Å². The smallest absolute Gasteiger partial charge is 0.260 e. The van der Waals surface area contributed by atoms with E-state index in [2.05, 4.69) is 21.9 Å². The minimum absolute atomic E-state index is 0.442. The third-order valence-corrected chi connectivity index (χ3v) is 3.70. The van der Waals surface area contributed by atoms with Crippen LogP contribution in [0.25, 0.3) is 5.65 Å². The number of hydrogen-bond acceptors (Lipinski definition) is 5. The molecule has 1 atom stereocenters. The second-order valence-electron chi connectivity index (χ2n) is 5.07. The lowest BCUT2D eigenvalue weighted by atomic mass is 10.0. The molecular weight excluding hydrogens is 242 g/mol. The summed E-state index contributed by atoms with van der Waals surface area (Å²) in [6, 6.07) is 0.451. The van der Waals surface area contributed by atoms with Crippen LogP contribution in [0.4, 0.5) is 5.82 Å². The topological polar surface area (TPSA) is 68.7 Å². The molecule has 1 saturated heterocycles. The molecule has 19 heavy (non-hydrogen) atoms. The zero-order valence-corrected chi connectivity index (χ0v) is 11.1. The van der Waals surface area contributed by atoms with Gasteiger partial charge in [0, 0.05) is 18.4 Å². The standard InChI is InChI=1S/C13H19N5O/c1-17-6-3-2-4-10(17)9-19-13-12-15-5-7-18(12)8-11(14)16-13/h5,7-8,10H,2-4,6,9,14H2,1H3. The first-order chi connectivity index (χ1) is 9.24. The number of nitrogen functional groups attached to an aromatic ring is 1. The van der Waals surface area contributed by atoms with Crippen LogP contribution in [0.15, 0.2) is 18.6 Å². The van der Waals surface area contributed by atoms with E-state index in [1.165, 1.54) is 19.3 Å². The summed E-state index contributed by atoms with van der Waals surface area (Å²) in [5.74, 6) is 0.960. The number of likely N-dealkylation sites (N-methyl/N-ethyl adjacent to an activating group) is 1. The van der Waals surface area contributed by atoms with E-state index < -0.39 is 0 Å². The number of imidazole rings is 1. The maximum atomic E-state index is 5.85. The van der Waals surface area contributed by atoms with E-state index in [0.29, 0.717) is 30.0 Å². The molecule has 2 N–H and O–H groups in total. The lowest BCUT2D eigenvalue weighted by Gasteiger charge is -2.31. The molecule has 2 aromatic rings. The van der Waals surface area contributed by atoms with Crippen molar-refractivity contribution in [3.63, 3.8) is 0 Å². The number of hydrogen-bond donors (Lipinski definition) is 1. The Morgan fingerprint density at radius 1 is 1.47 bits per heavy atom. The zero-order chi connectivity index (χ0) is 13.2. The van der Waals surface area contributed by atoms with E-state index in [1.807, 2.05) is 10.6 Å². The number of piperidine rings is 1. The Hall–Kier alpha value is -1.82. The van der Waals surface area contributed by atoms with E-state index in [4.69, 9.17) is 10.5 Å². The van der Waals surface area contributed by atoms with E-state index in [-0.39, 0.29) is 0 Å². The second kappa shape index (κ2) is 5.05. The van der Waals surface area contributed by atoms with Crippen LogP contribution < -0.4 is 10.5 Å². The molecule has 1 unspecified atom stereocenters.